The molecular formula is C29H32FN5O4. The Balaban J connectivity index is 1.81. The second kappa shape index (κ2) is 12.4. The summed E-state index contributed by atoms with van der Waals surface area (Å²) < 4.78 is 26.2. The van der Waals surface area contributed by atoms with Gasteiger partial charge < -0.3 is 14.8 Å². The summed E-state index contributed by atoms with van der Waals surface area (Å²) in [6.07, 6.45) is 0.761. The van der Waals surface area contributed by atoms with Gasteiger partial charge in [-0.3, -0.25) is 14.5 Å². The summed E-state index contributed by atoms with van der Waals surface area (Å²) in [5.41, 5.74) is 2.17. The van der Waals surface area contributed by atoms with Crippen LogP contribution >= 0.6 is 0 Å². The molecule has 0 aliphatic rings. The number of hydrogen-bond donors (Lipinski definition) is 1. The molecule has 0 fully saturated rings. The zero-order valence-corrected chi connectivity index (χ0v) is 22.4. The average molecular weight is 534 g/mol. The van der Waals surface area contributed by atoms with E-state index in [0.717, 1.165) is 6.42 Å². The highest BCUT2D eigenvalue weighted by atomic mass is 19.1. The molecule has 4 aromatic rings. The minimum atomic E-state index is -1.10. The molecule has 0 bridgehead atoms. The Bertz CT molecular complexity index is 1440. The fourth-order valence-electron chi connectivity index (χ4n) is 4.29. The van der Waals surface area contributed by atoms with Crippen LogP contribution in [0.3, 0.4) is 0 Å². The van der Waals surface area contributed by atoms with Gasteiger partial charge in [-0.15, -0.1) is 5.10 Å². The van der Waals surface area contributed by atoms with Gasteiger partial charge in [0.05, 0.1) is 19.7 Å². The van der Waals surface area contributed by atoms with Crippen LogP contribution in [0.5, 0.6) is 11.5 Å². The predicted octanol–water partition coefficient (Wildman–Crippen LogP) is 4.52. The maximum Gasteiger partial charge on any atom is 0.249 e. The van der Waals surface area contributed by atoms with Crippen LogP contribution < -0.4 is 19.7 Å². The lowest BCUT2D eigenvalue weighted by molar-refractivity contribution is -0.127. The molecule has 0 aliphatic carbocycles. The predicted molar refractivity (Wildman–Crippen MR) is 146 cm³/mol. The van der Waals surface area contributed by atoms with Gasteiger partial charge >= 0.3 is 0 Å². The number of hydrogen-bond acceptors (Lipinski definition) is 6. The van der Waals surface area contributed by atoms with Crippen molar-refractivity contribution in [2.24, 2.45) is 5.92 Å². The van der Waals surface area contributed by atoms with E-state index in [9.17, 15) is 14.0 Å². The normalized spacial score (nSPS) is 11.8. The highest BCUT2D eigenvalue weighted by molar-refractivity contribution is 6.01. The van der Waals surface area contributed by atoms with E-state index >= 15 is 0 Å². The number of anilines is 1. The number of amides is 2. The number of rotatable bonds is 11. The van der Waals surface area contributed by atoms with Gasteiger partial charge in [0.1, 0.15) is 23.9 Å². The molecule has 10 heteroatoms. The van der Waals surface area contributed by atoms with Crippen molar-refractivity contribution in [3.8, 4) is 11.5 Å². The van der Waals surface area contributed by atoms with E-state index in [1.54, 1.807) is 24.3 Å². The van der Waals surface area contributed by atoms with Crippen molar-refractivity contribution in [2.75, 3.05) is 25.7 Å². The van der Waals surface area contributed by atoms with E-state index in [2.05, 4.69) is 29.5 Å². The maximum atomic E-state index is 14.1. The number of benzene rings is 3. The number of fused-ring (bicyclic) bond motifs is 1. The Labute approximate surface area is 226 Å². The second-order valence-corrected chi connectivity index (χ2v) is 9.47. The molecule has 0 spiro atoms. The fraction of sp³-hybridized carbons (Fsp3) is 0.310. The third-order valence-corrected chi connectivity index (χ3v) is 6.33. The van der Waals surface area contributed by atoms with Crippen molar-refractivity contribution >= 4 is 28.5 Å². The van der Waals surface area contributed by atoms with Gasteiger partial charge in [0.15, 0.2) is 11.5 Å². The molecule has 0 aliphatic heterocycles. The SMILES string of the molecule is COc1ccc(N(C(=O)Cn2nnc3ccccc32)[C@@H](C(=O)NCCC(C)C)c2ccc(F)cc2)cc1OC. The van der Waals surface area contributed by atoms with E-state index in [4.69, 9.17) is 9.47 Å². The van der Waals surface area contributed by atoms with Crippen LogP contribution in [0.4, 0.5) is 10.1 Å². The summed E-state index contributed by atoms with van der Waals surface area (Å²) in [5, 5.41) is 11.3. The molecule has 0 radical (unpaired) electrons. The minimum absolute atomic E-state index is 0.189. The van der Waals surface area contributed by atoms with Gasteiger partial charge in [-0.25, -0.2) is 9.07 Å². The van der Waals surface area contributed by atoms with Crippen LogP contribution in [0.2, 0.25) is 0 Å². The van der Waals surface area contributed by atoms with Crippen molar-refractivity contribution in [3.63, 3.8) is 0 Å². The Morgan fingerprint density at radius 1 is 1.00 bits per heavy atom. The Kier molecular flexibility index (Phi) is 8.75. The lowest BCUT2D eigenvalue weighted by Crippen LogP contribution is -2.45. The van der Waals surface area contributed by atoms with Crippen LogP contribution in [0.1, 0.15) is 31.9 Å². The molecule has 1 aromatic heterocycles. The molecule has 0 unspecified atom stereocenters. The van der Waals surface area contributed by atoms with Gasteiger partial charge in [-0.05, 0) is 54.3 Å². The zero-order chi connectivity index (χ0) is 27.9. The number of para-hydroxylation sites is 1. The highest BCUT2D eigenvalue weighted by Gasteiger charge is 2.34. The van der Waals surface area contributed by atoms with E-state index in [-0.39, 0.29) is 6.54 Å². The first-order valence-corrected chi connectivity index (χ1v) is 12.7. The summed E-state index contributed by atoms with van der Waals surface area (Å²) in [5.74, 6) is -0.0395. The number of nitrogens with one attached hydrogen (secondary N) is 1. The van der Waals surface area contributed by atoms with Crippen LogP contribution in [-0.4, -0.2) is 47.6 Å². The van der Waals surface area contributed by atoms with Crippen molar-refractivity contribution < 1.29 is 23.5 Å². The summed E-state index contributed by atoms with van der Waals surface area (Å²) in [4.78, 5) is 29.2. The highest BCUT2D eigenvalue weighted by Crippen LogP contribution is 2.36. The quantitative estimate of drug-likeness (QED) is 0.304. The number of aromatic nitrogens is 3. The number of ether oxygens (including phenoxy) is 2. The van der Waals surface area contributed by atoms with Crippen LogP contribution in [0.25, 0.3) is 11.0 Å². The number of nitrogens with zero attached hydrogens (tertiary/aromatic N) is 4. The molecule has 0 saturated heterocycles. The molecule has 4 rings (SSSR count). The lowest BCUT2D eigenvalue weighted by atomic mass is 10.0. The molecule has 1 heterocycles. The zero-order valence-electron chi connectivity index (χ0n) is 22.4. The molecule has 1 N–H and O–H groups in total. The van der Waals surface area contributed by atoms with Crippen molar-refractivity contribution in [2.45, 2.75) is 32.9 Å². The van der Waals surface area contributed by atoms with Gasteiger partial charge in [0.2, 0.25) is 11.8 Å². The number of halogens is 1. The molecule has 39 heavy (non-hydrogen) atoms. The monoisotopic (exact) mass is 533 g/mol. The van der Waals surface area contributed by atoms with Gasteiger partial charge in [-0.1, -0.05) is 43.3 Å². The van der Waals surface area contributed by atoms with E-state index < -0.39 is 23.7 Å². The third kappa shape index (κ3) is 6.34. The first-order chi connectivity index (χ1) is 18.8. The molecule has 2 amide bonds. The number of carbonyl (C=O) groups excluding carboxylic acids is 2. The van der Waals surface area contributed by atoms with Crippen molar-refractivity contribution in [3.05, 3.63) is 78.1 Å². The first kappa shape index (κ1) is 27.6. The Morgan fingerprint density at radius 2 is 1.72 bits per heavy atom. The smallest absolute Gasteiger partial charge is 0.249 e. The Hall–Kier alpha value is -4.47. The van der Waals surface area contributed by atoms with Crippen LogP contribution in [-0.2, 0) is 16.1 Å². The molecule has 3 aromatic carbocycles. The van der Waals surface area contributed by atoms with E-state index in [1.165, 1.54) is 48.1 Å². The fourth-order valence-corrected chi connectivity index (χ4v) is 4.29. The summed E-state index contributed by atoms with van der Waals surface area (Å²) in [6.45, 7) is 4.36. The van der Waals surface area contributed by atoms with E-state index in [1.807, 2.05) is 18.2 Å². The average Bonchev–Trinajstić information content (AvgIpc) is 3.34. The van der Waals surface area contributed by atoms with Crippen LogP contribution in [0, 0.1) is 11.7 Å². The van der Waals surface area contributed by atoms with Gasteiger partial charge in [-0.2, -0.15) is 0 Å². The largest absolute Gasteiger partial charge is 0.493 e. The summed E-state index contributed by atoms with van der Waals surface area (Å²) >= 11 is 0. The summed E-state index contributed by atoms with van der Waals surface area (Å²) in [6, 6.07) is 16.7. The van der Waals surface area contributed by atoms with E-state index in [0.29, 0.717) is 46.2 Å². The van der Waals surface area contributed by atoms with Crippen LogP contribution in [0.15, 0.2) is 66.7 Å². The molecule has 0 saturated carbocycles. The molecular weight excluding hydrogens is 501 g/mol. The third-order valence-electron chi connectivity index (χ3n) is 6.33. The van der Waals surface area contributed by atoms with Gasteiger partial charge in [0.25, 0.3) is 0 Å². The Morgan fingerprint density at radius 3 is 2.41 bits per heavy atom. The number of methoxy groups -OCH3 is 2. The van der Waals surface area contributed by atoms with Crippen molar-refractivity contribution in [1.29, 1.82) is 0 Å². The standard InChI is InChI=1S/C29H32FN5O4/c1-19(2)15-16-31-29(37)28(20-9-11-21(30)12-10-20)35(22-13-14-25(38-3)26(17-22)39-4)27(36)18-34-24-8-6-5-7-23(24)32-33-34/h5-14,17,19,28H,15-16,18H2,1-4H3,(H,31,37)/t28-/m1/s1. The first-order valence-electron chi connectivity index (χ1n) is 12.7. The second-order valence-electron chi connectivity index (χ2n) is 9.47. The summed E-state index contributed by atoms with van der Waals surface area (Å²) in [7, 11) is 3.01. The molecule has 1 atom stereocenters. The maximum absolute atomic E-state index is 14.1. The lowest BCUT2D eigenvalue weighted by Gasteiger charge is -2.32. The minimum Gasteiger partial charge on any atom is -0.493 e. The van der Waals surface area contributed by atoms with Crippen molar-refractivity contribution in [1.82, 2.24) is 20.3 Å². The number of carbonyl (C=O) groups is 2. The topological polar surface area (TPSA) is 98.6 Å². The molecule has 9 nitrogen and oxygen atoms in total. The van der Waals surface area contributed by atoms with Gasteiger partial charge in [0, 0.05) is 18.3 Å². The molecule has 204 valence electrons.